The lowest BCUT2D eigenvalue weighted by molar-refractivity contribution is 0.673. The van der Waals surface area contributed by atoms with Crippen molar-refractivity contribution in [2.24, 2.45) is 0 Å². The van der Waals surface area contributed by atoms with Crippen LogP contribution in [0.15, 0.2) is 192 Å². The van der Waals surface area contributed by atoms with E-state index in [0.717, 1.165) is 33.6 Å². The summed E-state index contributed by atoms with van der Waals surface area (Å²) in [6.07, 6.45) is 0. The number of thiophene rings is 1. The van der Waals surface area contributed by atoms with E-state index in [1.807, 2.05) is 11.3 Å². The van der Waals surface area contributed by atoms with Gasteiger partial charge in [0.15, 0.2) is 0 Å². The maximum Gasteiger partial charge on any atom is 0.143 e. The van der Waals surface area contributed by atoms with Crippen LogP contribution >= 0.6 is 11.3 Å². The summed E-state index contributed by atoms with van der Waals surface area (Å²) in [5.41, 5.74) is 10.1. The van der Waals surface area contributed by atoms with E-state index in [1.165, 1.54) is 69.4 Å². The van der Waals surface area contributed by atoms with Crippen molar-refractivity contribution >= 4 is 92.1 Å². The minimum atomic E-state index is 0.930. The molecule has 2 heterocycles. The highest BCUT2D eigenvalue weighted by Crippen LogP contribution is 2.46. The maximum atomic E-state index is 6.57. The topological polar surface area (TPSA) is 16.4 Å². The number of hydrogen-bond acceptors (Lipinski definition) is 3. The molecule has 0 atom stereocenters. The predicted octanol–water partition coefficient (Wildman–Crippen LogP) is 15.1. The molecule has 0 unspecified atom stereocenters. The number of furan rings is 1. The minimum Gasteiger partial charge on any atom is -0.455 e. The van der Waals surface area contributed by atoms with E-state index in [9.17, 15) is 0 Å². The van der Waals surface area contributed by atoms with E-state index in [1.54, 1.807) is 0 Å². The molecule has 0 aliphatic heterocycles. The Morgan fingerprint density at radius 1 is 0.377 bits per heavy atom. The van der Waals surface area contributed by atoms with Crippen LogP contribution in [0.3, 0.4) is 0 Å². The third kappa shape index (κ3) is 4.86. The van der Waals surface area contributed by atoms with Crippen molar-refractivity contribution in [3.8, 4) is 22.3 Å². The highest BCUT2D eigenvalue weighted by atomic mass is 32.1. The van der Waals surface area contributed by atoms with Gasteiger partial charge in [-0.2, -0.15) is 0 Å². The van der Waals surface area contributed by atoms with Gasteiger partial charge >= 0.3 is 0 Å². The van der Waals surface area contributed by atoms with Gasteiger partial charge in [-0.25, -0.2) is 0 Å². The molecule has 0 radical (unpaired) electrons. The first-order chi connectivity index (χ1) is 26.3. The molecular formula is C50H31NOS. The Hall–Kier alpha value is -6.68. The van der Waals surface area contributed by atoms with Crippen molar-refractivity contribution in [2.45, 2.75) is 0 Å². The molecule has 0 saturated carbocycles. The van der Waals surface area contributed by atoms with E-state index < -0.39 is 0 Å². The molecule has 3 heteroatoms. The molecule has 248 valence electrons. The highest BCUT2D eigenvalue weighted by molar-refractivity contribution is 7.26. The number of fused-ring (bicyclic) bond motifs is 10. The predicted molar refractivity (Wildman–Crippen MR) is 227 cm³/mol. The zero-order chi connectivity index (χ0) is 34.9. The Balaban J connectivity index is 1.07. The number of benzene rings is 9. The second-order valence-electron chi connectivity index (χ2n) is 13.7. The number of rotatable bonds is 5. The van der Waals surface area contributed by atoms with Gasteiger partial charge in [-0.05, 0) is 93.0 Å². The molecule has 0 saturated heterocycles. The van der Waals surface area contributed by atoms with Crippen LogP contribution in [0.1, 0.15) is 0 Å². The molecule has 2 aromatic heterocycles. The zero-order valence-electron chi connectivity index (χ0n) is 28.7. The first kappa shape index (κ1) is 30.0. The van der Waals surface area contributed by atoms with Gasteiger partial charge in [-0.3, -0.25) is 0 Å². The van der Waals surface area contributed by atoms with Crippen molar-refractivity contribution < 1.29 is 4.42 Å². The molecule has 0 N–H and O–H groups in total. The molecule has 0 spiro atoms. The Kier molecular flexibility index (Phi) is 6.76. The Bertz CT molecular complexity index is 3150. The van der Waals surface area contributed by atoms with Crippen LogP contribution in [-0.2, 0) is 0 Å². The van der Waals surface area contributed by atoms with Crippen LogP contribution in [0.2, 0.25) is 0 Å². The molecule has 0 aliphatic carbocycles. The third-order valence-corrected chi connectivity index (χ3v) is 11.8. The summed E-state index contributed by atoms with van der Waals surface area (Å²) < 4.78 is 9.08. The number of nitrogens with zero attached hydrogens (tertiary/aromatic N) is 1. The first-order valence-corrected chi connectivity index (χ1v) is 18.8. The first-order valence-electron chi connectivity index (χ1n) is 18.0. The Morgan fingerprint density at radius 2 is 1.00 bits per heavy atom. The van der Waals surface area contributed by atoms with E-state index in [2.05, 4.69) is 193 Å². The highest BCUT2D eigenvalue weighted by Gasteiger charge is 2.19. The summed E-state index contributed by atoms with van der Waals surface area (Å²) in [6.45, 7) is 0. The van der Waals surface area contributed by atoms with Crippen molar-refractivity contribution in [2.75, 3.05) is 4.90 Å². The Morgan fingerprint density at radius 3 is 1.79 bits per heavy atom. The van der Waals surface area contributed by atoms with Gasteiger partial charge in [0, 0.05) is 53.4 Å². The van der Waals surface area contributed by atoms with Gasteiger partial charge in [0.05, 0.1) is 0 Å². The zero-order valence-corrected chi connectivity index (χ0v) is 29.5. The summed E-state index contributed by atoms with van der Waals surface area (Å²) in [5, 5.41) is 9.73. The second-order valence-corrected chi connectivity index (χ2v) is 14.8. The van der Waals surface area contributed by atoms with Gasteiger partial charge in [0.25, 0.3) is 0 Å². The van der Waals surface area contributed by atoms with Crippen molar-refractivity contribution in [3.63, 3.8) is 0 Å². The van der Waals surface area contributed by atoms with E-state index >= 15 is 0 Å². The number of anilines is 3. The van der Waals surface area contributed by atoms with Crippen molar-refractivity contribution in [1.82, 2.24) is 0 Å². The normalized spacial score (nSPS) is 11.8. The summed E-state index contributed by atoms with van der Waals surface area (Å²) in [7, 11) is 0. The molecule has 0 fully saturated rings. The quantitative estimate of drug-likeness (QED) is 0.178. The standard InChI is InChI=1S/C50H31NOS/c1-2-9-32(10-3-1)33-17-22-37(23-18-33)51(38-24-19-36(20-25-38)41-16-8-13-34-11-4-6-14-40(34)41)39-26-28-43-47(31-39)53-46-30-29-45-48(49(43)46)44-27-21-35-12-5-7-15-42(35)50(44)52-45/h1-31H. The summed E-state index contributed by atoms with van der Waals surface area (Å²) in [4.78, 5) is 2.38. The SMILES string of the molecule is c1ccc(-c2ccc(N(c3ccc(-c4cccc5ccccc45)cc3)c3ccc4c(c3)sc3ccc5oc6c7ccccc7ccc6c5c34)cc2)cc1. The largest absolute Gasteiger partial charge is 0.455 e. The molecule has 11 rings (SSSR count). The fraction of sp³-hybridized carbons (Fsp3) is 0. The molecule has 2 nitrogen and oxygen atoms in total. The van der Waals surface area contributed by atoms with Gasteiger partial charge < -0.3 is 9.32 Å². The molecular weight excluding hydrogens is 663 g/mol. The van der Waals surface area contributed by atoms with Gasteiger partial charge in [0.1, 0.15) is 11.2 Å². The summed E-state index contributed by atoms with van der Waals surface area (Å²) in [5.74, 6) is 0. The molecule has 9 aromatic carbocycles. The Labute approximate surface area is 310 Å². The maximum absolute atomic E-state index is 6.57. The third-order valence-electron chi connectivity index (χ3n) is 10.7. The molecule has 11 aromatic rings. The van der Waals surface area contributed by atoms with Gasteiger partial charge in [-0.1, -0.05) is 133 Å². The lowest BCUT2D eigenvalue weighted by Crippen LogP contribution is -2.09. The number of hydrogen-bond donors (Lipinski definition) is 0. The van der Waals surface area contributed by atoms with Gasteiger partial charge in [-0.15, -0.1) is 11.3 Å². The lowest BCUT2D eigenvalue weighted by Gasteiger charge is -2.26. The lowest BCUT2D eigenvalue weighted by atomic mass is 9.98. The smallest absolute Gasteiger partial charge is 0.143 e. The monoisotopic (exact) mass is 693 g/mol. The van der Waals surface area contributed by atoms with Crippen LogP contribution in [0, 0.1) is 0 Å². The minimum absolute atomic E-state index is 0.930. The average molecular weight is 694 g/mol. The van der Waals surface area contributed by atoms with E-state index in [-0.39, 0.29) is 0 Å². The average Bonchev–Trinajstić information content (AvgIpc) is 3.80. The molecule has 0 bridgehead atoms. The van der Waals surface area contributed by atoms with Crippen molar-refractivity contribution in [1.29, 1.82) is 0 Å². The fourth-order valence-corrected chi connectivity index (χ4v) is 9.28. The summed E-state index contributed by atoms with van der Waals surface area (Å²) in [6, 6.07) is 67.9. The van der Waals surface area contributed by atoms with E-state index in [0.29, 0.717) is 0 Å². The van der Waals surface area contributed by atoms with Gasteiger partial charge in [0.2, 0.25) is 0 Å². The van der Waals surface area contributed by atoms with E-state index in [4.69, 9.17) is 4.42 Å². The molecule has 53 heavy (non-hydrogen) atoms. The van der Waals surface area contributed by atoms with Crippen LogP contribution in [0.5, 0.6) is 0 Å². The second kappa shape index (κ2) is 11.9. The summed E-state index contributed by atoms with van der Waals surface area (Å²) >= 11 is 1.85. The molecule has 0 amide bonds. The van der Waals surface area contributed by atoms with Crippen LogP contribution < -0.4 is 4.90 Å². The van der Waals surface area contributed by atoms with Crippen LogP contribution in [-0.4, -0.2) is 0 Å². The van der Waals surface area contributed by atoms with Crippen LogP contribution in [0.25, 0.3) is 85.9 Å². The van der Waals surface area contributed by atoms with Crippen molar-refractivity contribution in [3.05, 3.63) is 188 Å². The molecule has 0 aliphatic rings. The fourth-order valence-electron chi connectivity index (χ4n) is 8.14. The van der Waals surface area contributed by atoms with Crippen LogP contribution in [0.4, 0.5) is 17.1 Å².